The van der Waals surface area contributed by atoms with Crippen LogP contribution in [0.25, 0.3) is 0 Å². The summed E-state index contributed by atoms with van der Waals surface area (Å²) in [6, 6.07) is 39.8. The predicted octanol–water partition coefficient (Wildman–Crippen LogP) is 6.29. The van der Waals surface area contributed by atoms with E-state index in [9.17, 15) is 0 Å². The van der Waals surface area contributed by atoms with Gasteiger partial charge in [0.25, 0.3) is 0 Å². The highest BCUT2D eigenvalue weighted by atomic mass is 16.9. The standard InChI is InChI=1S/C28H28BO4/c1-5-13-25(14-6-1)21-30-29(31-22-26-15-7-2-8-16-26,32-23-27-17-9-3-10-18-27)33-24-28-19-11-4-12-20-28/h1-20H,21-24H2/q-1. The molecule has 0 aliphatic carbocycles. The quantitative estimate of drug-likeness (QED) is 0.243. The lowest BCUT2D eigenvalue weighted by Gasteiger charge is -2.41. The Bertz CT molecular complexity index is 881. The fraction of sp³-hybridized carbons (Fsp3) is 0.143. The second-order valence-corrected chi connectivity index (χ2v) is 7.76. The van der Waals surface area contributed by atoms with Crippen LogP contribution in [0.2, 0.25) is 0 Å². The molecule has 0 unspecified atom stereocenters. The Balaban J connectivity index is 1.56. The van der Waals surface area contributed by atoms with E-state index in [1.54, 1.807) is 0 Å². The van der Waals surface area contributed by atoms with Crippen LogP contribution >= 0.6 is 0 Å². The van der Waals surface area contributed by atoms with Crippen LogP contribution in [0.1, 0.15) is 22.3 Å². The van der Waals surface area contributed by atoms with E-state index in [1.807, 2.05) is 121 Å². The molecular weight excluding hydrogens is 411 g/mol. The van der Waals surface area contributed by atoms with Crippen molar-refractivity contribution in [3.05, 3.63) is 144 Å². The molecule has 4 rings (SSSR count). The fourth-order valence-corrected chi connectivity index (χ4v) is 3.38. The smallest absolute Gasteiger partial charge is 0.515 e. The van der Waals surface area contributed by atoms with Crippen molar-refractivity contribution in [2.24, 2.45) is 0 Å². The first-order valence-electron chi connectivity index (χ1n) is 11.2. The molecule has 0 amide bonds. The maximum atomic E-state index is 6.28. The van der Waals surface area contributed by atoms with E-state index in [4.69, 9.17) is 18.6 Å². The first-order valence-corrected chi connectivity index (χ1v) is 11.2. The van der Waals surface area contributed by atoms with Gasteiger partial charge in [0.2, 0.25) is 0 Å². The largest absolute Gasteiger partial charge is 0.532 e. The van der Waals surface area contributed by atoms with Crippen molar-refractivity contribution in [3.63, 3.8) is 0 Å². The molecule has 5 heteroatoms. The molecule has 0 aliphatic heterocycles. The van der Waals surface area contributed by atoms with Crippen molar-refractivity contribution >= 4 is 6.96 Å². The molecule has 33 heavy (non-hydrogen) atoms. The summed E-state index contributed by atoms with van der Waals surface area (Å²) in [5, 5.41) is 0. The normalized spacial score (nSPS) is 11.4. The minimum absolute atomic E-state index is 0.305. The summed E-state index contributed by atoms with van der Waals surface area (Å²) < 4.78 is 25.1. The van der Waals surface area contributed by atoms with Gasteiger partial charge < -0.3 is 18.6 Å². The lowest BCUT2D eigenvalue weighted by molar-refractivity contribution is -0.0521. The molecule has 0 aromatic heterocycles. The molecule has 0 bridgehead atoms. The third-order valence-electron chi connectivity index (χ3n) is 5.19. The molecular formula is C28H28BO4-. The van der Waals surface area contributed by atoms with Gasteiger partial charge in [-0.25, -0.2) is 0 Å². The first kappa shape index (κ1) is 23.0. The van der Waals surface area contributed by atoms with Crippen LogP contribution in [0.5, 0.6) is 0 Å². The van der Waals surface area contributed by atoms with E-state index in [0.717, 1.165) is 22.3 Å². The first-order chi connectivity index (χ1) is 16.3. The van der Waals surface area contributed by atoms with Gasteiger partial charge in [-0.05, 0) is 22.3 Å². The molecule has 0 N–H and O–H groups in total. The van der Waals surface area contributed by atoms with Crippen LogP contribution in [0.4, 0.5) is 0 Å². The predicted molar refractivity (Wildman–Crippen MR) is 131 cm³/mol. The molecule has 0 radical (unpaired) electrons. The Labute approximate surface area is 195 Å². The van der Waals surface area contributed by atoms with Gasteiger partial charge in [0.15, 0.2) is 0 Å². The van der Waals surface area contributed by atoms with Crippen LogP contribution < -0.4 is 0 Å². The molecule has 4 nitrogen and oxygen atoms in total. The molecule has 4 aromatic rings. The highest BCUT2D eigenvalue weighted by Crippen LogP contribution is 2.21. The van der Waals surface area contributed by atoms with Crippen LogP contribution in [0.3, 0.4) is 0 Å². The summed E-state index contributed by atoms with van der Waals surface area (Å²) in [6.07, 6.45) is 0. The Morgan fingerprint density at radius 1 is 0.333 bits per heavy atom. The fourth-order valence-electron chi connectivity index (χ4n) is 3.38. The van der Waals surface area contributed by atoms with Crippen LogP contribution in [-0.4, -0.2) is 6.96 Å². The summed E-state index contributed by atoms with van der Waals surface area (Å²) in [6.45, 7) is -1.29. The average molecular weight is 439 g/mol. The van der Waals surface area contributed by atoms with Crippen molar-refractivity contribution in [1.29, 1.82) is 0 Å². The van der Waals surface area contributed by atoms with Crippen LogP contribution in [0.15, 0.2) is 121 Å². The number of hydrogen-bond donors (Lipinski definition) is 0. The Morgan fingerprint density at radius 3 is 0.758 bits per heavy atom. The van der Waals surface area contributed by atoms with E-state index in [-0.39, 0.29) is 0 Å². The second kappa shape index (κ2) is 12.1. The van der Waals surface area contributed by atoms with Crippen LogP contribution in [0, 0.1) is 0 Å². The second-order valence-electron chi connectivity index (χ2n) is 7.76. The zero-order valence-electron chi connectivity index (χ0n) is 18.6. The lowest BCUT2D eigenvalue weighted by Crippen LogP contribution is -2.48. The molecule has 0 atom stereocenters. The van der Waals surface area contributed by atoms with Gasteiger partial charge in [0.05, 0.1) is 0 Å². The summed E-state index contributed by atoms with van der Waals surface area (Å²) in [5.41, 5.74) is 4.05. The Hall–Kier alpha value is -3.22. The van der Waals surface area contributed by atoms with Crippen molar-refractivity contribution < 1.29 is 18.6 Å². The third kappa shape index (κ3) is 7.41. The third-order valence-corrected chi connectivity index (χ3v) is 5.19. The maximum Gasteiger partial charge on any atom is 0.532 e. The van der Waals surface area contributed by atoms with E-state index < -0.39 is 6.96 Å². The minimum atomic E-state index is -2.51. The zero-order chi connectivity index (χ0) is 22.6. The topological polar surface area (TPSA) is 36.9 Å². The molecule has 0 fully saturated rings. The molecule has 4 aromatic carbocycles. The highest BCUT2D eigenvalue weighted by Gasteiger charge is 2.33. The van der Waals surface area contributed by atoms with Crippen molar-refractivity contribution in [2.75, 3.05) is 0 Å². The zero-order valence-corrected chi connectivity index (χ0v) is 18.6. The van der Waals surface area contributed by atoms with Gasteiger partial charge in [0.1, 0.15) is 0 Å². The van der Waals surface area contributed by atoms with Gasteiger partial charge in [0, 0.05) is 26.4 Å². The summed E-state index contributed by atoms with van der Waals surface area (Å²) in [5.74, 6) is 0. The monoisotopic (exact) mass is 439 g/mol. The van der Waals surface area contributed by atoms with E-state index in [0.29, 0.717) is 26.4 Å². The van der Waals surface area contributed by atoms with Gasteiger partial charge in [-0.15, -0.1) is 0 Å². The number of rotatable bonds is 12. The Kier molecular flexibility index (Phi) is 8.45. The molecule has 0 saturated heterocycles. The minimum Gasteiger partial charge on any atom is -0.515 e. The maximum absolute atomic E-state index is 6.28. The van der Waals surface area contributed by atoms with Crippen molar-refractivity contribution in [1.82, 2.24) is 0 Å². The number of hydrogen-bond acceptors (Lipinski definition) is 4. The van der Waals surface area contributed by atoms with E-state index >= 15 is 0 Å². The lowest BCUT2D eigenvalue weighted by atomic mass is 10.0. The average Bonchev–Trinajstić information content (AvgIpc) is 2.90. The van der Waals surface area contributed by atoms with E-state index in [2.05, 4.69) is 0 Å². The summed E-state index contributed by atoms with van der Waals surface area (Å²) in [7, 11) is 0. The summed E-state index contributed by atoms with van der Waals surface area (Å²) in [4.78, 5) is 0. The van der Waals surface area contributed by atoms with Gasteiger partial charge in [-0.3, -0.25) is 0 Å². The van der Waals surface area contributed by atoms with Crippen molar-refractivity contribution in [2.45, 2.75) is 26.4 Å². The molecule has 168 valence electrons. The Morgan fingerprint density at radius 2 is 0.545 bits per heavy atom. The van der Waals surface area contributed by atoms with Crippen LogP contribution in [-0.2, 0) is 45.0 Å². The number of benzene rings is 4. The molecule has 0 aliphatic rings. The molecule has 0 heterocycles. The van der Waals surface area contributed by atoms with Crippen molar-refractivity contribution in [3.8, 4) is 0 Å². The SMILES string of the molecule is c1ccc(CO[B-](OCc2ccccc2)(OCc2ccccc2)OCc2ccccc2)cc1. The van der Waals surface area contributed by atoms with Gasteiger partial charge in [-0.2, -0.15) is 0 Å². The van der Waals surface area contributed by atoms with Gasteiger partial charge >= 0.3 is 6.96 Å². The molecule has 0 spiro atoms. The summed E-state index contributed by atoms with van der Waals surface area (Å²) >= 11 is 0. The van der Waals surface area contributed by atoms with Gasteiger partial charge in [-0.1, -0.05) is 121 Å². The highest BCUT2D eigenvalue weighted by molar-refractivity contribution is 6.53. The molecule has 0 saturated carbocycles. The van der Waals surface area contributed by atoms with E-state index in [1.165, 1.54) is 0 Å².